The number of nitrogens with zero attached hydrogens (tertiary/aromatic N) is 3. The second kappa shape index (κ2) is 9.01. The van der Waals surface area contributed by atoms with Crippen molar-refractivity contribution in [3.8, 4) is 11.4 Å². The van der Waals surface area contributed by atoms with E-state index in [2.05, 4.69) is 15.0 Å². The number of rotatable bonds is 5. The maximum absolute atomic E-state index is 14.1. The average Bonchev–Trinajstić information content (AvgIpc) is 2.78. The minimum atomic E-state index is -1.61. The third kappa shape index (κ3) is 4.52. The molecule has 3 N–H and O–H groups in total. The monoisotopic (exact) mass is 455 g/mol. The normalized spacial score (nSPS) is 25.1. The van der Waals surface area contributed by atoms with Crippen molar-refractivity contribution in [2.45, 2.75) is 49.9 Å². The molecule has 1 saturated carbocycles. The molecule has 0 radical (unpaired) electrons. The fraction of sp³-hybridized carbons (Fsp3) is 0.333. The number of hydrogen-bond acceptors (Lipinski definition) is 7. The van der Waals surface area contributed by atoms with Crippen LogP contribution in [0.2, 0.25) is 0 Å². The van der Waals surface area contributed by atoms with Crippen molar-refractivity contribution in [1.29, 1.82) is 0 Å². The van der Waals surface area contributed by atoms with Crippen LogP contribution in [-0.2, 0) is 6.42 Å². The van der Waals surface area contributed by atoms with Crippen LogP contribution in [0.3, 0.4) is 0 Å². The quantitative estimate of drug-likeness (QED) is 0.507. The molecule has 2 aromatic heterocycles. The highest BCUT2D eigenvalue weighted by molar-refractivity contribution is 5.96. The van der Waals surface area contributed by atoms with Gasteiger partial charge in [0.05, 0.1) is 17.8 Å². The van der Waals surface area contributed by atoms with E-state index in [0.29, 0.717) is 5.56 Å². The molecule has 0 aliphatic heterocycles. The highest BCUT2D eigenvalue weighted by atomic mass is 19.1. The number of Topliss-reactive ketones (excluding diaryl/α,β-unsaturated/α-hetero) is 1. The highest BCUT2D eigenvalue weighted by Gasteiger charge is 2.45. The van der Waals surface area contributed by atoms with Gasteiger partial charge in [0.2, 0.25) is 0 Å². The van der Waals surface area contributed by atoms with Crippen LogP contribution in [0.15, 0.2) is 48.9 Å². The lowest BCUT2D eigenvalue weighted by Gasteiger charge is -2.42. The maximum atomic E-state index is 14.1. The summed E-state index contributed by atoms with van der Waals surface area (Å²) < 4.78 is 28.2. The van der Waals surface area contributed by atoms with Crippen molar-refractivity contribution in [3.63, 3.8) is 0 Å². The molecule has 9 heteroatoms. The Labute approximate surface area is 188 Å². The van der Waals surface area contributed by atoms with E-state index in [1.54, 1.807) is 12.3 Å². The largest absolute Gasteiger partial charge is 0.390 e. The van der Waals surface area contributed by atoms with E-state index in [0.717, 1.165) is 17.7 Å². The first-order valence-corrected chi connectivity index (χ1v) is 10.5. The van der Waals surface area contributed by atoms with E-state index < -0.39 is 40.8 Å². The Kier molecular flexibility index (Phi) is 6.29. The van der Waals surface area contributed by atoms with Gasteiger partial charge >= 0.3 is 0 Å². The number of aliphatic hydroxyl groups is 3. The van der Waals surface area contributed by atoms with Crippen molar-refractivity contribution < 1.29 is 28.9 Å². The third-order valence-electron chi connectivity index (χ3n) is 6.22. The van der Waals surface area contributed by atoms with Crippen LogP contribution in [-0.4, -0.2) is 53.9 Å². The summed E-state index contributed by atoms with van der Waals surface area (Å²) in [7, 11) is 0. The van der Waals surface area contributed by atoms with Gasteiger partial charge in [-0.05, 0) is 61.1 Å². The Balaban J connectivity index is 1.60. The molecular weight excluding hydrogens is 432 g/mol. The van der Waals surface area contributed by atoms with Gasteiger partial charge < -0.3 is 15.3 Å². The average molecular weight is 455 g/mol. The Morgan fingerprint density at radius 1 is 1.09 bits per heavy atom. The number of pyridine rings is 1. The Bertz CT molecular complexity index is 1150. The van der Waals surface area contributed by atoms with Crippen LogP contribution < -0.4 is 0 Å². The van der Waals surface area contributed by atoms with Gasteiger partial charge in [0.25, 0.3) is 0 Å². The first-order chi connectivity index (χ1) is 15.7. The Morgan fingerprint density at radius 3 is 2.42 bits per heavy atom. The van der Waals surface area contributed by atoms with Gasteiger partial charge in [0.1, 0.15) is 22.9 Å². The van der Waals surface area contributed by atoms with Crippen molar-refractivity contribution in [3.05, 3.63) is 77.4 Å². The zero-order chi connectivity index (χ0) is 23.8. The predicted molar refractivity (Wildman–Crippen MR) is 114 cm³/mol. The molecule has 172 valence electrons. The zero-order valence-electron chi connectivity index (χ0n) is 17.8. The fourth-order valence-electron chi connectivity index (χ4n) is 4.18. The van der Waals surface area contributed by atoms with E-state index >= 15 is 0 Å². The van der Waals surface area contributed by atoms with Crippen LogP contribution in [0.1, 0.15) is 47.3 Å². The first kappa shape index (κ1) is 23.0. The molecule has 33 heavy (non-hydrogen) atoms. The lowest BCUT2D eigenvalue weighted by Crippen LogP contribution is -2.54. The van der Waals surface area contributed by atoms with Gasteiger partial charge in [-0.15, -0.1) is 0 Å². The summed E-state index contributed by atoms with van der Waals surface area (Å²) >= 11 is 0. The SMILES string of the molecule is CC1(O)[C@H](O)CC(c2ccncc2CC(=O)c2ccnc(-c3c(F)cccc3F)n2)C[C@@H]1O. The molecule has 7 nitrogen and oxygen atoms in total. The van der Waals surface area contributed by atoms with E-state index in [4.69, 9.17) is 0 Å². The molecular formula is C24H23F2N3O4. The van der Waals surface area contributed by atoms with E-state index in [1.807, 2.05) is 0 Å². The highest BCUT2D eigenvalue weighted by Crippen LogP contribution is 2.39. The molecule has 2 unspecified atom stereocenters. The summed E-state index contributed by atoms with van der Waals surface area (Å²) in [6.07, 6.45) is 2.39. The van der Waals surface area contributed by atoms with Crippen LogP contribution in [0.4, 0.5) is 8.78 Å². The van der Waals surface area contributed by atoms with Crippen molar-refractivity contribution >= 4 is 5.78 Å². The minimum absolute atomic E-state index is 0.0101. The summed E-state index contributed by atoms with van der Waals surface area (Å²) in [5, 5.41) is 30.9. The van der Waals surface area contributed by atoms with Gasteiger partial charge in [-0.3, -0.25) is 9.78 Å². The molecule has 1 fully saturated rings. The number of carbonyl (C=O) groups is 1. The Morgan fingerprint density at radius 2 is 1.76 bits per heavy atom. The van der Waals surface area contributed by atoms with Crippen molar-refractivity contribution in [1.82, 2.24) is 15.0 Å². The molecule has 1 aliphatic carbocycles. The zero-order valence-corrected chi connectivity index (χ0v) is 17.8. The minimum Gasteiger partial charge on any atom is -0.390 e. The number of halogens is 2. The molecule has 3 aromatic rings. The topological polar surface area (TPSA) is 116 Å². The summed E-state index contributed by atoms with van der Waals surface area (Å²) in [5.41, 5.74) is -0.735. The summed E-state index contributed by atoms with van der Waals surface area (Å²) in [6.45, 7) is 1.39. The fourth-order valence-corrected chi connectivity index (χ4v) is 4.18. The van der Waals surface area contributed by atoms with Crippen LogP contribution in [0, 0.1) is 11.6 Å². The predicted octanol–water partition coefficient (Wildman–Crippen LogP) is 2.59. The lowest BCUT2D eigenvalue weighted by molar-refractivity contribution is -0.160. The molecule has 0 saturated heterocycles. The van der Waals surface area contributed by atoms with Gasteiger partial charge in [0.15, 0.2) is 11.6 Å². The summed E-state index contributed by atoms with van der Waals surface area (Å²) in [5.74, 6) is -2.61. The third-order valence-corrected chi connectivity index (χ3v) is 6.22. The van der Waals surface area contributed by atoms with Crippen molar-refractivity contribution in [2.24, 2.45) is 0 Å². The van der Waals surface area contributed by atoms with E-state index in [1.165, 1.54) is 31.5 Å². The van der Waals surface area contributed by atoms with Crippen LogP contribution in [0.25, 0.3) is 11.4 Å². The molecule has 4 rings (SSSR count). The van der Waals surface area contributed by atoms with E-state index in [9.17, 15) is 28.9 Å². The molecule has 1 aliphatic rings. The van der Waals surface area contributed by atoms with E-state index in [-0.39, 0.29) is 36.7 Å². The van der Waals surface area contributed by atoms with Gasteiger partial charge in [-0.25, -0.2) is 18.7 Å². The molecule has 2 heterocycles. The number of carbonyl (C=O) groups excluding carboxylic acids is 1. The number of benzene rings is 1. The summed E-state index contributed by atoms with van der Waals surface area (Å²) in [6, 6.07) is 6.48. The lowest BCUT2D eigenvalue weighted by atomic mass is 9.72. The van der Waals surface area contributed by atoms with Crippen molar-refractivity contribution in [2.75, 3.05) is 0 Å². The first-order valence-electron chi connectivity index (χ1n) is 10.5. The second-order valence-electron chi connectivity index (χ2n) is 8.46. The van der Waals surface area contributed by atoms with Gasteiger partial charge in [-0.1, -0.05) is 6.07 Å². The smallest absolute Gasteiger partial charge is 0.185 e. The summed E-state index contributed by atoms with van der Waals surface area (Å²) in [4.78, 5) is 25.1. The number of aliphatic hydroxyl groups excluding tert-OH is 2. The van der Waals surface area contributed by atoms with Gasteiger partial charge in [0, 0.05) is 25.0 Å². The molecule has 0 spiro atoms. The number of aromatic nitrogens is 3. The standard InChI is InChI=1S/C24H23F2N3O4/c1-24(33)20(31)10-13(11-21(24)32)15-5-7-27-12-14(15)9-19(30)18-6-8-28-23(29-18)22-16(25)3-2-4-17(22)26/h2-8,12-13,20-21,31-33H,9-11H2,1H3/t13?,20-,21+,24?. The molecule has 0 bridgehead atoms. The number of hydrogen-bond donors (Lipinski definition) is 3. The second-order valence-corrected chi connectivity index (χ2v) is 8.46. The molecule has 1 aromatic carbocycles. The maximum Gasteiger partial charge on any atom is 0.185 e. The molecule has 4 atom stereocenters. The van der Waals surface area contributed by atoms with Crippen LogP contribution in [0.5, 0.6) is 0 Å². The number of ketones is 1. The Hall–Kier alpha value is -3.14. The van der Waals surface area contributed by atoms with Crippen LogP contribution >= 0.6 is 0 Å². The van der Waals surface area contributed by atoms with Gasteiger partial charge in [-0.2, -0.15) is 0 Å². The molecule has 0 amide bonds.